The molecule has 0 aliphatic heterocycles. The first-order valence-corrected chi connectivity index (χ1v) is 5.20. The molecule has 80 valence electrons. The maximum atomic E-state index is 5.97. The van der Waals surface area contributed by atoms with Gasteiger partial charge in [0.2, 0.25) is 5.28 Å². The molecule has 0 amide bonds. The molecule has 0 fully saturated rings. The standard InChI is InChI=1S/C9H16ClN3O/c1-4-7(6-14-3)13-8(5-2)11-12-9(13)10/h7H,4-6H2,1-3H3. The van der Waals surface area contributed by atoms with E-state index in [0.29, 0.717) is 11.9 Å². The van der Waals surface area contributed by atoms with Crippen LogP contribution in [0.25, 0.3) is 0 Å². The first-order chi connectivity index (χ1) is 6.74. The minimum Gasteiger partial charge on any atom is -0.383 e. The maximum Gasteiger partial charge on any atom is 0.225 e. The van der Waals surface area contributed by atoms with Crippen LogP contribution in [0.2, 0.25) is 5.28 Å². The number of nitrogens with zero attached hydrogens (tertiary/aromatic N) is 3. The topological polar surface area (TPSA) is 39.9 Å². The Balaban J connectivity index is 2.94. The molecule has 14 heavy (non-hydrogen) atoms. The summed E-state index contributed by atoms with van der Waals surface area (Å²) < 4.78 is 7.09. The van der Waals surface area contributed by atoms with Gasteiger partial charge in [0.05, 0.1) is 12.6 Å². The zero-order chi connectivity index (χ0) is 10.6. The van der Waals surface area contributed by atoms with E-state index in [9.17, 15) is 0 Å². The normalized spacial score (nSPS) is 13.1. The van der Waals surface area contributed by atoms with Crippen LogP contribution in [0.1, 0.15) is 32.1 Å². The summed E-state index contributed by atoms with van der Waals surface area (Å²) in [5.74, 6) is 0.916. The van der Waals surface area contributed by atoms with E-state index in [0.717, 1.165) is 18.7 Å². The molecule has 1 rings (SSSR count). The summed E-state index contributed by atoms with van der Waals surface area (Å²) in [6, 6.07) is 0.234. The Hall–Kier alpha value is -0.610. The van der Waals surface area contributed by atoms with Gasteiger partial charge in [-0.15, -0.1) is 10.2 Å². The van der Waals surface area contributed by atoms with E-state index in [2.05, 4.69) is 17.1 Å². The highest BCUT2D eigenvalue weighted by Crippen LogP contribution is 2.19. The maximum absolute atomic E-state index is 5.97. The summed E-state index contributed by atoms with van der Waals surface area (Å²) in [7, 11) is 1.69. The lowest BCUT2D eigenvalue weighted by Crippen LogP contribution is -2.16. The van der Waals surface area contributed by atoms with Crippen molar-refractivity contribution >= 4 is 11.6 Å². The molecule has 0 radical (unpaired) electrons. The summed E-state index contributed by atoms with van der Waals surface area (Å²) in [5.41, 5.74) is 0. The highest BCUT2D eigenvalue weighted by Gasteiger charge is 2.16. The van der Waals surface area contributed by atoms with Crippen molar-refractivity contribution in [1.82, 2.24) is 14.8 Å². The molecule has 0 N–H and O–H groups in total. The van der Waals surface area contributed by atoms with Crippen LogP contribution in [-0.2, 0) is 11.2 Å². The Morgan fingerprint density at radius 3 is 2.64 bits per heavy atom. The van der Waals surface area contributed by atoms with Crippen molar-refractivity contribution in [3.8, 4) is 0 Å². The molecule has 1 aromatic rings. The fraction of sp³-hybridized carbons (Fsp3) is 0.778. The summed E-state index contributed by atoms with van der Waals surface area (Å²) in [6.45, 7) is 4.77. The van der Waals surface area contributed by atoms with Gasteiger partial charge in [0, 0.05) is 13.5 Å². The van der Waals surface area contributed by atoms with Crippen LogP contribution in [0.4, 0.5) is 0 Å². The molecule has 5 heteroatoms. The molecule has 0 aliphatic rings. The third-order valence-electron chi connectivity index (χ3n) is 2.24. The second-order valence-electron chi connectivity index (χ2n) is 3.13. The van der Waals surface area contributed by atoms with Crippen LogP contribution in [-0.4, -0.2) is 28.5 Å². The third kappa shape index (κ3) is 2.25. The molecular weight excluding hydrogens is 202 g/mol. The van der Waals surface area contributed by atoms with E-state index in [1.54, 1.807) is 7.11 Å². The summed E-state index contributed by atoms with van der Waals surface area (Å²) >= 11 is 5.97. The second-order valence-corrected chi connectivity index (χ2v) is 3.46. The minimum atomic E-state index is 0.234. The van der Waals surface area contributed by atoms with Crippen molar-refractivity contribution in [3.05, 3.63) is 11.1 Å². The Morgan fingerprint density at radius 1 is 1.43 bits per heavy atom. The van der Waals surface area contributed by atoms with Gasteiger partial charge in [0.15, 0.2) is 0 Å². The lowest BCUT2D eigenvalue weighted by atomic mass is 10.2. The predicted molar refractivity (Wildman–Crippen MR) is 55.6 cm³/mol. The van der Waals surface area contributed by atoms with Gasteiger partial charge < -0.3 is 4.74 Å². The minimum absolute atomic E-state index is 0.234. The lowest BCUT2D eigenvalue weighted by Gasteiger charge is -2.17. The van der Waals surface area contributed by atoms with E-state index in [1.165, 1.54) is 0 Å². The van der Waals surface area contributed by atoms with Crippen LogP contribution < -0.4 is 0 Å². The number of hydrogen-bond acceptors (Lipinski definition) is 3. The molecule has 0 saturated carbocycles. The van der Waals surface area contributed by atoms with Gasteiger partial charge in [-0.2, -0.15) is 0 Å². The average Bonchev–Trinajstić information content (AvgIpc) is 2.56. The number of aromatic nitrogens is 3. The number of aryl methyl sites for hydroxylation is 1. The van der Waals surface area contributed by atoms with Gasteiger partial charge in [-0.1, -0.05) is 13.8 Å². The monoisotopic (exact) mass is 217 g/mol. The molecule has 0 bridgehead atoms. The average molecular weight is 218 g/mol. The van der Waals surface area contributed by atoms with Crippen LogP contribution >= 0.6 is 11.6 Å². The highest BCUT2D eigenvalue weighted by atomic mass is 35.5. The number of halogens is 1. The predicted octanol–water partition coefficient (Wildman–Crippen LogP) is 2.09. The first-order valence-electron chi connectivity index (χ1n) is 4.82. The van der Waals surface area contributed by atoms with E-state index >= 15 is 0 Å². The first kappa shape index (κ1) is 11.5. The Labute approximate surface area is 89.2 Å². The molecular formula is C9H16ClN3O. The molecule has 0 saturated heterocycles. The summed E-state index contributed by atoms with van der Waals surface area (Å²) in [5, 5.41) is 8.32. The number of methoxy groups -OCH3 is 1. The third-order valence-corrected chi connectivity index (χ3v) is 2.49. The summed E-state index contributed by atoms with van der Waals surface area (Å²) in [6.07, 6.45) is 1.79. The SMILES string of the molecule is CCc1nnc(Cl)n1C(CC)COC. The van der Waals surface area contributed by atoms with E-state index in [4.69, 9.17) is 16.3 Å². The van der Waals surface area contributed by atoms with Crippen molar-refractivity contribution in [3.63, 3.8) is 0 Å². The second kappa shape index (κ2) is 5.32. The van der Waals surface area contributed by atoms with Gasteiger partial charge in [-0.25, -0.2) is 0 Å². The number of rotatable bonds is 5. The quantitative estimate of drug-likeness (QED) is 0.758. The van der Waals surface area contributed by atoms with Crippen molar-refractivity contribution < 1.29 is 4.74 Å². The molecule has 1 unspecified atom stereocenters. The van der Waals surface area contributed by atoms with Crippen molar-refractivity contribution in [2.75, 3.05) is 13.7 Å². The zero-order valence-corrected chi connectivity index (χ0v) is 9.58. The molecule has 1 aromatic heterocycles. The van der Waals surface area contributed by atoms with Gasteiger partial charge >= 0.3 is 0 Å². The lowest BCUT2D eigenvalue weighted by molar-refractivity contribution is 0.152. The van der Waals surface area contributed by atoms with Crippen LogP contribution in [0.3, 0.4) is 0 Å². The van der Waals surface area contributed by atoms with Crippen molar-refractivity contribution in [2.24, 2.45) is 0 Å². The van der Waals surface area contributed by atoms with E-state index in [1.807, 2.05) is 11.5 Å². The fourth-order valence-corrected chi connectivity index (χ4v) is 1.75. The van der Waals surface area contributed by atoms with E-state index < -0.39 is 0 Å². The van der Waals surface area contributed by atoms with Gasteiger partial charge in [0.25, 0.3) is 0 Å². The molecule has 1 atom stereocenters. The number of hydrogen-bond donors (Lipinski definition) is 0. The van der Waals surface area contributed by atoms with Crippen LogP contribution in [0.5, 0.6) is 0 Å². The van der Waals surface area contributed by atoms with Gasteiger partial charge in [-0.3, -0.25) is 4.57 Å². The van der Waals surface area contributed by atoms with Crippen molar-refractivity contribution in [2.45, 2.75) is 32.7 Å². The smallest absolute Gasteiger partial charge is 0.225 e. The van der Waals surface area contributed by atoms with Gasteiger partial charge in [-0.05, 0) is 18.0 Å². The molecule has 1 heterocycles. The Kier molecular flexibility index (Phi) is 4.35. The number of ether oxygens (including phenoxy) is 1. The molecule has 0 aromatic carbocycles. The largest absolute Gasteiger partial charge is 0.383 e. The Morgan fingerprint density at radius 2 is 2.14 bits per heavy atom. The molecule has 0 aliphatic carbocycles. The summed E-state index contributed by atoms with van der Waals surface area (Å²) in [4.78, 5) is 0. The highest BCUT2D eigenvalue weighted by molar-refractivity contribution is 6.28. The van der Waals surface area contributed by atoms with E-state index in [-0.39, 0.29) is 6.04 Å². The zero-order valence-electron chi connectivity index (χ0n) is 8.83. The molecule has 0 spiro atoms. The fourth-order valence-electron chi connectivity index (χ4n) is 1.47. The molecule has 4 nitrogen and oxygen atoms in total. The van der Waals surface area contributed by atoms with Gasteiger partial charge in [0.1, 0.15) is 5.82 Å². The van der Waals surface area contributed by atoms with Crippen molar-refractivity contribution in [1.29, 1.82) is 0 Å². The Bertz CT molecular complexity index is 288. The van der Waals surface area contributed by atoms with Crippen LogP contribution in [0.15, 0.2) is 0 Å². The van der Waals surface area contributed by atoms with Crippen LogP contribution in [0, 0.1) is 0 Å².